The van der Waals surface area contributed by atoms with Crippen molar-refractivity contribution >= 4 is 12.6 Å². The molecule has 2 rings (SSSR count). The fourth-order valence-corrected chi connectivity index (χ4v) is 2.56. The van der Waals surface area contributed by atoms with Crippen molar-refractivity contribution in [3.8, 4) is 0 Å². The Morgan fingerprint density at radius 2 is 2.09 bits per heavy atom. The monoisotopic (exact) mass is 174 g/mol. The number of thiol groups is 1. The molecule has 2 fully saturated rings. The molecule has 1 aliphatic heterocycles. The van der Waals surface area contributed by atoms with Crippen LogP contribution in [0, 0.1) is 5.92 Å². The van der Waals surface area contributed by atoms with Gasteiger partial charge in [-0.1, -0.05) is 0 Å². The lowest BCUT2D eigenvalue weighted by Crippen LogP contribution is -2.35. The first-order valence-electron chi connectivity index (χ1n) is 4.26. The van der Waals surface area contributed by atoms with E-state index in [1.807, 2.05) is 0 Å². The van der Waals surface area contributed by atoms with Crippen LogP contribution in [0.1, 0.15) is 19.3 Å². The Labute approximate surface area is 72.7 Å². The lowest BCUT2D eigenvalue weighted by Gasteiger charge is -2.27. The van der Waals surface area contributed by atoms with Crippen LogP contribution in [0.15, 0.2) is 0 Å². The molecule has 0 aromatic rings. The first kappa shape index (κ1) is 7.90. The maximum Gasteiger partial charge on any atom is 0.172 e. The fraction of sp³-hybridized carbons (Fsp3) is 1.00. The van der Waals surface area contributed by atoms with E-state index in [1.54, 1.807) is 0 Å². The highest BCUT2D eigenvalue weighted by molar-refractivity contribution is 7.80. The third-order valence-electron chi connectivity index (χ3n) is 2.70. The molecule has 11 heavy (non-hydrogen) atoms. The zero-order valence-corrected chi connectivity index (χ0v) is 7.48. The van der Waals surface area contributed by atoms with Crippen LogP contribution >= 0.6 is 12.6 Å². The van der Waals surface area contributed by atoms with Crippen molar-refractivity contribution in [3.05, 3.63) is 0 Å². The van der Waals surface area contributed by atoms with Crippen LogP contribution in [-0.2, 0) is 9.47 Å². The molecule has 0 aromatic carbocycles. The van der Waals surface area contributed by atoms with Gasteiger partial charge >= 0.3 is 0 Å². The number of hydrogen-bond donors (Lipinski definition) is 1. The largest absolute Gasteiger partial charge is 0.347 e. The summed E-state index contributed by atoms with van der Waals surface area (Å²) in [4.78, 5) is 0. The Kier molecular flexibility index (Phi) is 2.12. The van der Waals surface area contributed by atoms with Crippen molar-refractivity contribution in [1.82, 2.24) is 0 Å². The molecule has 1 atom stereocenters. The maximum atomic E-state index is 5.63. The average molecular weight is 174 g/mol. The molecule has 64 valence electrons. The second-order valence-corrected chi connectivity index (χ2v) is 3.65. The Balaban J connectivity index is 2.09. The van der Waals surface area contributed by atoms with Gasteiger partial charge in [-0.3, -0.25) is 0 Å². The summed E-state index contributed by atoms with van der Waals surface area (Å²) in [7, 11) is 0. The van der Waals surface area contributed by atoms with Gasteiger partial charge < -0.3 is 9.47 Å². The van der Waals surface area contributed by atoms with Gasteiger partial charge in [-0.05, 0) is 18.6 Å². The molecule has 1 saturated heterocycles. The molecule has 0 amide bonds. The third kappa shape index (κ3) is 1.19. The van der Waals surface area contributed by atoms with Gasteiger partial charge in [0.2, 0.25) is 0 Å². The third-order valence-corrected chi connectivity index (χ3v) is 3.14. The van der Waals surface area contributed by atoms with Crippen LogP contribution in [0.25, 0.3) is 0 Å². The zero-order chi connectivity index (χ0) is 7.73. The van der Waals surface area contributed by atoms with E-state index >= 15 is 0 Å². The minimum absolute atomic E-state index is 0.220. The van der Waals surface area contributed by atoms with Gasteiger partial charge in [-0.2, -0.15) is 12.6 Å². The van der Waals surface area contributed by atoms with E-state index in [2.05, 4.69) is 12.6 Å². The quantitative estimate of drug-likeness (QED) is 0.607. The first-order chi connectivity index (χ1) is 5.37. The summed E-state index contributed by atoms with van der Waals surface area (Å²) in [6.07, 6.45) is 3.51. The normalized spacial score (nSPS) is 35.2. The van der Waals surface area contributed by atoms with Gasteiger partial charge in [-0.15, -0.1) is 0 Å². The number of ether oxygens (including phenoxy) is 2. The van der Waals surface area contributed by atoms with Crippen molar-refractivity contribution < 1.29 is 9.47 Å². The summed E-state index contributed by atoms with van der Waals surface area (Å²) in [6, 6.07) is 0. The van der Waals surface area contributed by atoms with Crippen LogP contribution in [0.3, 0.4) is 0 Å². The molecule has 0 radical (unpaired) electrons. The highest BCUT2D eigenvalue weighted by Gasteiger charge is 2.46. The predicted octanol–water partition coefficient (Wildman–Crippen LogP) is 1.46. The second kappa shape index (κ2) is 2.96. The summed E-state index contributed by atoms with van der Waals surface area (Å²) >= 11 is 4.30. The molecule has 0 N–H and O–H groups in total. The molecule has 3 heteroatoms. The molecule has 0 aromatic heterocycles. The fourth-order valence-electron chi connectivity index (χ4n) is 2.10. The maximum absolute atomic E-state index is 5.63. The summed E-state index contributed by atoms with van der Waals surface area (Å²) < 4.78 is 11.3. The molecule has 1 heterocycles. The molecule has 1 spiro atoms. The lowest BCUT2D eigenvalue weighted by atomic mass is 10.1. The van der Waals surface area contributed by atoms with Crippen molar-refractivity contribution in [2.75, 3.05) is 19.0 Å². The number of hydrogen-bond acceptors (Lipinski definition) is 3. The van der Waals surface area contributed by atoms with Gasteiger partial charge in [0.05, 0.1) is 13.2 Å². The Morgan fingerprint density at radius 1 is 1.36 bits per heavy atom. The van der Waals surface area contributed by atoms with E-state index in [4.69, 9.17) is 9.47 Å². The van der Waals surface area contributed by atoms with Crippen molar-refractivity contribution in [3.63, 3.8) is 0 Å². The minimum atomic E-state index is -0.220. The minimum Gasteiger partial charge on any atom is -0.347 e. The van der Waals surface area contributed by atoms with Crippen LogP contribution in [-0.4, -0.2) is 24.8 Å². The molecule has 1 saturated carbocycles. The Morgan fingerprint density at radius 3 is 2.73 bits per heavy atom. The smallest absolute Gasteiger partial charge is 0.172 e. The van der Waals surface area contributed by atoms with Gasteiger partial charge in [0.15, 0.2) is 5.79 Å². The van der Waals surface area contributed by atoms with Crippen LogP contribution in [0.2, 0.25) is 0 Å². The van der Waals surface area contributed by atoms with E-state index in [0.29, 0.717) is 5.92 Å². The highest BCUT2D eigenvalue weighted by Crippen LogP contribution is 2.42. The van der Waals surface area contributed by atoms with Crippen LogP contribution in [0.5, 0.6) is 0 Å². The Hall–Kier alpha value is 0.270. The standard InChI is InChI=1S/C8H14O2S/c11-6-7-2-1-3-8(7)9-4-5-10-8/h7,11H,1-6H2. The summed E-state index contributed by atoms with van der Waals surface area (Å²) in [5.41, 5.74) is 0. The van der Waals surface area contributed by atoms with Crippen molar-refractivity contribution in [1.29, 1.82) is 0 Å². The van der Waals surface area contributed by atoms with Gasteiger partial charge in [-0.25, -0.2) is 0 Å². The van der Waals surface area contributed by atoms with E-state index < -0.39 is 0 Å². The summed E-state index contributed by atoms with van der Waals surface area (Å²) in [5, 5.41) is 0. The molecular formula is C8H14O2S. The highest BCUT2D eigenvalue weighted by atomic mass is 32.1. The zero-order valence-electron chi connectivity index (χ0n) is 6.58. The predicted molar refractivity (Wildman–Crippen MR) is 45.8 cm³/mol. The average Bonchev–Trinajstić information content (AvgIpc) is 2.62. The van der Waals surface area contributed by atoms with Gasteiger partial charge in [0.25, 0.3) is 0 Å². The van der Waals surface area contributed by atoms with Crippen molar-refractivity contribution in [2.24, 2.45) is 5.92 Å². The molecular weight excluding hydrogens is 160 g/mol. The molecule has 1 unspecified atom stereocenters. The van der Waals surface area contributed by atoms with E-state index in [1.165, 1.54) is 12.8 Å². The van der Waals surface area contributed by atoms with Crippen LogP contribution in [0.4, 0.5) is 0 Å². The van der Waals surface area contributed by atoms with E-state index in [-0.39, 0.29) is 5.79 Å². The topological polar surface area (TPSA) is 18.5 Å². The molecule has 2 aliphatic rings. The number of rotatable bonds is 1. The van der Waals surface area contributed by atoms with Crippen LogP contribution < -0.4 is 0 Å². The first-order valence-corrected chi connectivity index (χ1v) is 4.89. The van der Waals surface area contributed by atoms with Gasteiger partial charge in [0.1, 0.15) is 0 Å². The molecule has 1 aliphatic carbocycles. The van der Waals surface area contributed by atoms with Gasteiger partial charge in [0, 0.05) is 12.3 Å². The van der Waals surface area contributed by atoms with Crippen molar-refractivity contribution in [2.45, 2.75) is 25.0 Å². The molecule has 0 bridgehead atoms. The second-order valence-electron chi connectivity index (χ2n) is 3.28. The molecule has 2 nitrogen and oxygen atoms in total. The Bertz CT molecular complexity index is 138. The summed E-state index contributed by atoms with van der Waals surface area (Å²) in [6.45, 7) is 1.54. The summed E-state index contributed by atoms with van der Waals surface area (Å²) in [5.74, 6) is 1.19. The SMILES string of the molecule is SCC1CCCC12OCCO2. The van der Waals surface area contributed by atoms with E-state index in [0.717, 1.165) is 25.4 Å². The van der Waals surface area contributed by atoms with E-state index in [9.17, 15) is 0 Å². The lowest BCUT2D eigenvalue weighted by molar-refractivity contribution is -0.175.